The summed E-state index contributed by atoms with van der Waals surface area (Å²) in [5.41, 5.74) is 5.73. The molecule has 0 aromatic rings. The molecule has 106 valence electrons. The summed E-state index contributed by atoms with van der Waals surface area (Å²) in [4.78, 5) is 14.4. The SMILES string of the molecule is CCCN(CC(C)(C)CN)C(=O)C1CCCCO1. The van der Waals surface area contributed by atoms with Gasteiger partial charge in [-0.15, -0.1) is 0 Å². The number of carbonyl (C=O) groups excluding carboxylic acids is 1. The van der Waals surface area contributed by atoms with Gasteiger partial charge in [0.25, 0.3) is 5.91 Å². The average molecular weight is 256 g/mol. The number of ether oxygens (including phenoxy) is 1. The lowest BCUT2D eigenvalue weighted by atomic mass is 9.92. The Morgan fingerprint density at radius 2 is 2.17 bits per heavy atom. The molecule has 1 aliphatic heterocycles. The van der Waals surface area contributed by atoms with Crippen LogP contribution >= 0.6 is 0 Å². The summed E-state index contributed by atoms with van der Waals surface area (Å²) in [5.74, 6) is 0.151. The molecule has 1 heterocycles. The van der Waals surface area contributed by atoms with Gasteiger partial charge in [0, 0.05) is 19.7 Å². The summed E-state index contributed by atoms with van der Waals surface area (Å²) in [5, 5.41) is 0. The Hall–Kier alpha value is -0.610. The molecular weight excluding hydrogens is 228 g/mol. The third-order valence-corrected chi connectivity index (χ3v) is 3.43. The Kier molecular flexibility index (Phi) is 6.09. The summed E-state index contributed by atoms with van der Waals surface area (Å²) < 4.78 is 5.59. The molecule has 18 heavy (non-hydrogen) atoms. The lowest BCUT2D eigenvalue weighted by Gasteiger charge is -2.34. The first-order valence-corrected chi connectivity index (χ1v) is 7.10. The van der Waals surface area contributed by atoms with Gasteiger partial charge in [0.2, 0.25) is 0 Å². The first-order chi connectivity index (χ1) is 8.50. The summed E-state index contributed by atoms with van der Waals surface area (Å²) >= 11 is 0. The first-order valence-electron chi connectivity index (χ1n) is 7.10. The molecule has 0 spiro atoms. The van der Waals surface area contributed by atoms with Crippen LogP contribution in [-0.2, 0) is 9.53 Å². The second-order valence-electron chi connectivity index (χ2n) is 5.98. The van der Waals surface area contributed by atoms with Gasteiger partial charge >= 0.3 is 0 Å². The lowest BCUT2D eigenvalue weighted by Crippen LogP contribution is -2.47. The van der Waals surface area contributed by atoms with Crippen LogP contribution in [0.1, 0.15) is 46.5 Å². The maximum Gasteiger partial charge on any atom is 0.251 e. The molecule has 1 atom stereocenters. The van der Waals surface area contributed by atoms with E-state index in [0.29, 0.717) is 6.54 Å². The van der Waals surface area contributed by atoms with Crippen LogP contribution < -0.4 is 5.73 Å². The van der Waals surface area contributed by atoms with E-state index >= 15 is 0 Å². The third kappa shape index (κ3) is 4.58. The summed E-state index contributed by atoms with van der Waals surface area (Å²) in [6, 6.07) is 0. The minimum absolute atomic E-state index is 0.0283. The summed E-state index contributed by atoms with van der Waals surface area (Å²) in [6.45, 7) is 9.12. The number of amides is 1. The molecule has 1 fully saturated rings. The van der Waals surface area contributed by atoms with E-state index in [0.717, 1.165) is 45.4 Å². The average Bonchev–Trinajstić information content (AvgIpc) is 2.38. The van der Waals surface area contributed by atoms with Crippen molar-refractivity contribution < 1.29 is 9.53 Å². The molecule has 0 saturated carbocycles. The number of hydrogen-bond donors (Lipinski definition) is 1. The molecule has 1 unspecified atom stereocenters. The highest BCUT2D eigenvalue weighted by Gasteiger charge is 2.29. The zero-order valence-electron chi connectivity index (χ0n) is 12.1. The molecule has 1 amide bonds. The Labute approximate surface area is 111 Å². The van der Waals surface area contributed by atoms with Crippen LogP contribution in [0, 0.1) is 5.41 Å². The molecule has 0 aromatic carbocycles. The van der Waals surface area contributed by atoms with Crippen LogP contribution in [0.3, 0.4) is 0 Å². The first kappa shape index (κ1) is 15.4. The number of hydrogen-bond acceptors (Lipinski definition) is 3. The predicted molar refractivity (Wildman–Crippen MR) is 73.3 cm³/mol. The maximum atomic E-state index is 12.4. The van der Waals surface area contributed by atoms with Crippen LogP contribution in [-0.4, -0.2) is 43.2 Å². The van der Waals surface area contributed by atoms with E-state index in [2.05, 4.69) is 20.8 Å². The van der Waals surface area contributed by atoms with Gasteiger partial charge < -0.3 is 15.4 Å². The van der Waals surface area contributed by atoms with Crippen LogP contribution in [0.25, 0.3) is 0 Å². The smallest absolute Gasteiger partial charge is 0.251 e. The minimum Gasteiger partial charge on any atom is -0.368 e. The lowest BCUT2D eigenvalue weighted by molar-refractivity contribution is -0.147. The van der Waals surface area contributed by atoms with Gasteiger partial charge in [0.1, 0.15) is 6.10 Å². The highest BCUT2D eigenvalue weighted by molar-refractivity contribution is 5.81. The van der Waals surface area contributed by atoms with Gasteiger partial charge in [-0.2, -0.15) is 0 Å². The highest BCUT2D eigenvalue weighted by Crippen LogP contribution is 2.19. The van der Waals surface area contributed by atoms with Crippen molar-refractivity contribution in [1.29, 1.82) is 0 Å². The van der Waals surface area contributed by atoms with Crippen molar-refractivity contribution in [2.24, 2.45) is 11.1 Å². The molecule has 1 aliphatic rings. The molecule has 4 heteroatoms. The van der Waals surface area contributed by atoms with Crippen LogP contribution in [0.2, 0.25) is 0 Å². The van der Waals surface area contributed by atoms with E-state index in [9.17, 15) is 4.79 Å². The Bertz CT molecular complexity index is 261. The quantitative estimate of drug-likeness (QED) is 0.788. The fraction of sp³-hybridized carbons (Fsp3) is 0.929. The predicted octanol–water partition coefficient (Wildman–Crippen LogP) is 1.78. The number of carbonyl (C=O) groups is 1. The molecule has 0 bridgehead atoms. The largest absolute Gasteiger partial charge is 0.368 e. The van der Waals surface area contributed by atoms with E-state index in [1.165, 1.54) is 0 Å². The third-order valence-electron chi connectivity index (χ3n) is 3.43. The molecule has 2 N–H and O–H groups in total. The zero-order valence-corrected chi connectivity index (χ0v) is 12.1. The maximum absolute atomic E-state index is 12.4. The van der Waals surface area contributed by atoms with Gasteiger partial charge in [-0.25, -0.2) is 0 Å². The van der Waals surface area contributed by atoms with Crippen LogP contribution in [0.4, 0.5) is 0 Å². The topological polar surface area (TPSA) is 55.6 Å². The Balaban J connectivity index is 2.61. The standard InChI is InChI=1S/C14H28N2O2/c1-4-8-16(11-14(2,3)10-15)13(17)12-7-5-6-9-18-12/h12H,4-11,15H2,1-3H3. The second kappa shape index (κ2) is 7.10. The molecule has 1 rings (SSSR count). The van der Waals surface area contributed by atoms with Crippen molar-refractivity contribution in [2.45, 2.75) is 52.6 Å². The molecule has 0 aromatic heterocycles. The monoisotopic (exact) mass is 256 g/mol. The minimum atomic E-state index is -0.223. The van der Waals surface area contributed by atoms with Crippen molar-refractivity contribution in [1.82, 2.24) is 4.90 Å². The summed E-state index contributed by atoms with van der Waals surface area (Å²) in [7, 11) is 0. The van der Waals surface area contributed by atoms with E-state index in [4.69, 9.17) is 10.5 Å². The van der Waals surface area contributed by atoms with Crippen molar-refractivity contribution in [3.63, 3.8) is 0 Å². The van der Waals surface area contributed by atoms with Gasteiger partial charge in [-0.3, -0.25) is 4.79 Å². The van der Waals surface area contributed by atoms with Gasteiger partial charge in [0.15, 0.2) is 0 Å². The van der Waals surface area contributed by atoms with E-state index in [1.807, 2.05) is 4.90 Å². The molecule has 0 radical (unpaired) electrons. The molecule has 4 nitrogen and oxygen atoms in total. The number of nitrogens with zero attached hydrogens (tertiary/aromatic N) is 1. The van der Waals surface area contributed by atoms with Crippen LogP contribution in [0.15, 0.2) is 0 Å². The van der Waals surface area contributed by atoms with E-state index in [-0.39, 0.29) is 17.4 Å². The van der Waals surface area contributed by atoms with Gasteiger partial charge in [0.05, 0.1) is 0 Å². The Morgan fingerprint density at radius 3 is 2.67 bits per heavy atom. The van der Waals surface area contributed by atoms with Gasteiger partial charge in [-0.05, 0) is 37.6 Å². The normalized spacial score (nSPS) is 20.8. The van der Waals surface area contributed by atoms with Crippen molar-refractivity contribution in [2.75, 3.05) is 26.2 Å². The zero-order chi connectivity index (χ0) is 13.6. The molecular formula is C14H28N2O2. The summed E-state index contributed by atoms with van der Waals surface area (Å²) in [6.07, 6.45) is 3.78. The van der Waals surface area contributed by atoms with Crippen LogP contribution in [0.5, 0.6) is 0 Å². The number of nitrogens with two attached hydrogens (primary N) is 1. The Morgan fingerprint density at radius 1 is 1.44 bits per heavy atom. The highest BCUT2D eigenvalue weighted by atomic mass is 16.5. The second-order valence-corrected chi connectivity index (χ2v) is 5.98. The van der Waals surface area contributed by atoms with Gasteiger partial charge in [-0.1, -0.05) is 20.8 Å². The van der Waals surface area contributed by atoms with E-state index in [1.54, 1.807) is 0 Å². The van der Waals surface area contributed by atoms with E-state index < -0.39 is 0 Å². The fourth-order valence-corrected chi connectivity index (χ4v) is 2.26. The van der Waals surface area contributed by atoms with Crippen molar-refractivity contribution >= 4 is 5.91 Å². The number of rotatable bonds is 6. The molecule has 1 saturated heterocycles. The van der Waals surface area contributed by atoms with Crippen molar-refractivity contribution in [3.05, 3.63) is 0 Å². The van der Waals surface area contributed by atoms with Crippen molar-refractivity contribution in [3.8, 4) is 0 Å². The molecule has 0 aliphatic carbocycles. The fourth-order valence-electron chi connectivity index (χ4n) is 2.26.